The fourth-order valence-electron chi connectivity index (χ4n) is 4.66. The Morgan fingerprint density at radius 2 is 1.74 bits per heavy atom. The number of amides is 1. The van der Waals surface area contributed by atoms with E-state index >= 15 is 0 Å². The number of unbranched alkanes of at least 4 members (excludes halogenated alkanes) is 1. The van der Waals surface area contributed by atoms with Crippen molar-refractivity contribution < 1.29 is 27.1 Å². The number of ether oxygens (including phenoxy) is 1. The van der Waals surface area contributed by atoms with Gasteiger partial charge in [-0.1, -0.05) is 44.4 Å². The molecule has 1 amide bonds. The largest absolute Gasteiger partial charge is 0.492 e. The SMILES string of the molecule is CCCCOc1c(C(=O)N2CCCCCC2)ccc2c1C(S(=O)(=O)c1ccccc1)CS2(O)O. The summed E-state index contributed by atoms with van der Waals surface area (Å²) in [6.45, 7) is 3.61. The van der Waals surface area contributed by atoms with Gasteiger partial charge < -0.3 is 9.64 Å². The Kier molecular flexibility index (Phi) is 7.57. The number of sulfone groups is 1. The lowest BCUT2D eigenvalue weighted by Crippen LogP contribution is -2.32. The minimum atomic E-state index is -3.95. The Balaban J connectivity index is 1.85. The minimum absolute atomic E-state index is 0.104. The van der Waals surface area contributed by atoms with Crippen LogP contribution in [0.15, 0.2) is 52.3 Å². The third-order valence-corrected chi connectivity index (χ3v) is 10.7. The lowest BCUT2D eigenvalue weighted by atomic mass is 10.0. The first-order valence-corrected chi connectivity index (χ1v) is 15.2. The van der Waals surface area contributed by atoms with Crippen LogP contribution in [0, 0.1) is 0 Å². The molecular weight excluding hydrogens is 474 g/mol. The number of hydrogen-bond acceptors (Lipinski definition) is 6. The summed E-state index contributed by atoms with van der Waals surface area (Å²) >= 11 is 0. The molecule has 186 valence electrons. The highest BCUT2D eigenvalue weighted by Crippen LogP contribution is 2.63. The van der Waals surface area contributed by atoms with Crippen LogP contribution in [0.3, 0.4) is 0 Å². The van der Waals surface area contributed by atoms with Crippen LogP contribution in [-0.2, 0) is 9.84 Å². The molecule has 1 atom stereocenters. The van der Waals surface area contributed by atoms with Crippen molar-refractivity contribution in [2.75, 3.05) is 25.4 Å². The number of rotatable bonds is 7. The molecule has 2 aromatic carbocycles. The highest BCUT2D eigenvalue weighted by Gasteiger charge is 2.46. The number of fused-ring (bicyclic) bond motifs is 1. The van der Waals surface area contributed by atoms with Gasteiger partial charge in [0.15, 0.2) is 9.84 Å². The van der Waals surface area contributed by atoms with Crippen LogP contribution in [0.4, 0.5) is 0 Å². The predicted molar refractivity (Wildman–Crippen MR) is 134 cm³/mol. The molecule has 2 aromatic rings. The molecule has 34 heavy (non-hydrogen) atoms. The fourth-order valence-corrected chi connectivity index (χ4v) is 9.07. The quantitative estimate of drug-likeness (QED) is 0.478. The Bertz CT molecular complexity index is 1130. The Labute approximate surface area is 203 Å². The second kappa shape index (κ2) is 10.3. The van der Waals surface area contributed by atoms with E-state index in [1.807, 2.05) is 6.92 Å². The summed E-state index contributed by atoms with van der Waals surface area (Å²) in [6.07, 6.45) is 5.60. The van der Waals surface area contributed by atoms with Crippen LogP contribution < -0.4 is 4.74 Å². The standard InChI is InChI=1S/C25H33NO6S2/c1-2-3-17-32-24-20(25(27)26-15-9-4-5-10-16-26)13-14-21-23(24)22(18-33(21,28)29)34(30,31)19-11-7-6-8-12-19/h6-8,11-14,22,28-29H,2-5,9-10,15-18H2,1H3. The second-order valence-electron chi connectivity index (χ2n) is 8.94. The van der Waals surface area contributed by atoms with Crippen molar-refractivity contribution in [1.82, 2.24) is 4.90 Å². The van der Waals surface area contributed by atoms with Crippen molar-refractivity contribution in [3.8, 4) is 5.75 Å². The molecule has 7 nitrogen and oxygen atoms in total. The average molecular weight is 508 g/mol. The van der Waals surface area contributed by atoms with Crippen molar-refractivity contribution in [3.05, 3.63) is 53.6 Å². The maximum atomic E-state index is 13.6. The first-order chi connectivity index (χ1) is 16.3. The van der Waals surface area contributed by atoms with Crippen molar-refractivity contribution in [2.24, 2.45) is 0 Å². The van der Waals surface area contributed by atoms with Gasteiger partial charge in [0, 0.05) is 18.7 Å². The lowest BCUT2D eigenvalue weighted by molar-refractivity contribution is 0.0756. The van der Waals surface area contributed by atoms with Gasteiger partial charge in [-0.2, -0.15) is 10.6 Å². The molecule has 0 bridgehead atoms. The molecular formula is C25H33NO6S2. The van der Waals surface area contributed by atoms with Gasteiger partial charge in [-0.15, -0.1) is 0 Å². The molecule has 2 heterocycles. The number of likely N-dealkylation sites (tertiary alicyclic amines) is 1. The fraction of sp³-hybridized carbons (Fsp3) is 0.480. The lowest BCUT2D eigenvalue weighted by Gasteiger charge is -2.28. The first kappa shape index (κ1) is 25.0. The summed E-state index contributed by atoms with van der Waals surface area (Å²) < 4.78 is 55.1. The number of nitrogens with zero attached hydrogens (tertiary/aromatic N) is 1. The van der Waals surface area contributed by atoms with Gasteiger partial charge in [-0.3, -0.25) is 13.9 Å². The van der Waals surface area contributed by atoms with E-state index in [-0.39, 0.29) is 32.8 Å². The van der Waals surface area contributed by atoms with Gasteiger partial charge in [0.25, 0.3) is 5.91 Å². The molecule has 1 saturated heterocycles. The summed E-state index contributed by atoms with van der Waals surface area (Å²) in [6, 6.07) is 11.1. The van der Waals surface area contributed by atoms with Gasteiger partial charge in [-0.25, -0.2) is 8.42 Å². The van der Waals surface area contributed by atoms with Gasteiger partial charge in [0.1, 0.15) is 11.0 Å². The van der Waals surface area contributed by atoms with Crippen molar-refractivity contribution in [2.45, 2.75) is 60.5 Å². The molecule has 0 spiro atoms. The van der Waals surface area contributed by atoms with E-state index < -0.39 is 25.7 Å². The maximum absolute atomic E-state index is 13.6. The molecule has 2 N–H and O–H groups in total. The van der Waals surface area contributed by atoms with Crippen LogP contribution in [0.1, 0.15) is 66.6 Å². The number of carbonyl (C=O) groups excluding carboxylic acids is 1. The van der Waals surface area contributed by atoms with E-state index in [4.69, 9.17) is 4.74 Å². The predicted octanol–water partition coefficient (Wildman–Crippen LogP) is 5.52. The van der Waals surface area contributed by atoms with Crippen LogP contribution in [0.2, 0.25) is 0 Å². The molecule has 1 unspecified atom stereocenters. The summed E-state index contributed by atoms with van der Waals surface area (Å²) in [5.74, 6) is -0.358. The van der Waals surface area contributed by atoms with E-state index in [2.05, 4.69) is 0 Å². The number of benzene rings is 2. The summed E-state index contributed by atoms with van der Waals surface area (Å²) in [7, 11) is -7.31. The monoisotopic (exact) mass is 507 g/mol. The maximum Gasteiger partial charge on any atom is 0.257 e. The highest BCUT2D eigenvalue weighted by molar-refractivity contribution is 8.25. The molecule has 4 rings (SSSR count). The smallest absolute Gasteiger partial charge is 0.257 e. The minimum Gasteiger partial charge on any atom is -0.492 e. The van der Waals surface area contributed by atoms with E-state index in [9.17, 15) is 22.3 Å². The van der Waals surface area contributed by atoms with Crippen molar-refractivity contribution >= 4 is 26.3 Å². The molecule has 0 saturated carbocycles. The number of hydrogen-bond donors (Lipinski definition) is 2. The zero-order valence-electron chi connectivity index (χ0n) is 19.5. The molecule has 2 aliphatic rings. The van der Waals surface area contributed by atoms with E-state index in [1.165, 1.54) is 18.2 Å². The van der Waals surface area contributed by atoms with Crippen LogP contribution in [0.5, 0.6) is 5.75 Å². The van der Waals surface area contributed by atoms with E-state index in [0.717, 1.165) is 38.5 Å². The Morgan fingerprint density at radius 1 is 1.06 bits per heavy atom. The summed E-state index contributed by atoms with van der Waals surface area (Å²) in [5.41, 5.74) is 0.516. The molecule has 2 aliphatic heterocycles. The molecule has 1 fully saturated rings. The van der Waals surface area contributed by atoms with E-state index in [1.54, 1.807) is 29.2 Å². The van der Waals surface area contributed by atoms with E-state index in [0.29, 0.717) is 25.3 Å². The highest BCUT2D eigenvalue weighted by atomic mass is 32.3. The molecule has 0 radical (unpaired) electrons. The van der Waals surface area contributed by atoms with Gasteiger partial charge >= 0.3 is 0 Å². The molecule has 0 aliphatic carbocycles. The van der Waals surface area contributed by atoms with Gasteiger partial charge in [0.05, 0.1) is 27.7 Å². The average Bonchev–Trinajstić information content (AvgIpc) is 2.98. The zero-order valence-corrected chi connectivity index (χ0v) is 21.1. The molecule has 0 aromatic heterocycles. The second-order valence-corrected chi connectivity index (χ2v) is 13.2. The topological polar surface area (TPSA) is 104 Å². The Hall–Kier alpha value is -2.07. The van der Waals surface area contributed by atoms with Gasteiger partial charge in [-0.05, 0) is 43.5 Å². The Morgan fingerprint density at radius 3 is 2.38 bits per heavy atom. The zero-order chi connectivity index (χ0) is 24.3. The van der Waals surface area contributed by atoms with Crippen LogP contribution in [0.25, 0.3) is 0 Å². The third-order valence-electron chi connectivity index (χ3n) is 6.53. The first-order valence-electron chi connectivity index (χ1n) is 11.9. The summed E-state index contributed by atoms with van der Waals surface area (Å²) in [4.78, 5) is 15.6. The van der Waals surface area contributed by atoms with Crippen molar-refractivity contribution in [1.29, 1.82) is 0 Å². The number of carbonyl (C=O) groups is 1. The van der Waals surface area contributed by atoms with Gasteiger partial charge in [0.2, 0.25) is 0 Å². The molecule has 9 heteroatoms. The van der Waals surface area contributed by atoms with Crippen molar-refractivity contribution in [3.63, 3.8) is 0 Å². The summed E-state index contributed by atoms with van der Waals surface area (Å²) in [5, 5.41) is -1.21. The normalized spacial score (nSPS) is 20.9. The third kappa shape index (κ3) is 4.84. The van der Waals surface area contributed by atoms with Crippen LogP contribution in [-0.4, -0.2) is 53.8 Å². The van der Waals surface area contributed by atoms with Crippen LogP contribution >= 0.6 is 10.6 Å².